The number of carbonyl (C=O) groups excluding carboxylic acids is 1. The van der Waals surface area contributed by atoms with Crippen molar-refractivity contribution in [2.24, 2.45) is 0 Å². The van der Waals surface area contributed by atoms with Gasteiger partial charge in [0.05, 0.1) is 11.3 Å². The fourth-order valence-electron chi connectivity index (χ4n) is 2.27. The zero-order chi connectivity index (χ0) is 16.6. The molecule has 3 aromatic rings. The summed E-state index contributed by atoms with van der Waals surface area (Å²) in [6.45, 7) is 0. The van der Waals surface area contributed by atoms with Crippen LogP contribution in [0.2, 0.25) is 0 Å². The number of aromatic hydroxyl groups is 4. The lowest BCUT2D eigenvalue weighted by Crippen LogP contribution is -2.12. The van der Waals surface area contributed by atoms with E-state index in [2.05, 4.69) is 5.32 Å². The summed E-state index contributed by atoms with van der Waals surface area (Å²) < 4.78 is 0. The monoisotopic (exact) mass is 311 g/mol. The van der Waals surface area contributed by atoms with Gasteiger partial charge < -0.3 is 25.7 Å². The second kappa shape index (κ2) is 5.42. The molecule has 0 fully saturated rings. The van der Waals surface area contributed by atoms with Crippen LogP contribution < -0.4 is 5.32 Å². The first-order chi connectivity index (χ1) is 10.9. The third kappa shape index (κ3) is 2.82. The third-order valence-corrected chi connectivity index (χ3v) is 3.41. The van der Waals surface area contributed by atoms with Crippen LogP contribution in [0, 0.1) is 0 Å². The molecule has 0 atom stereocenters. The summed E-state index contributed by atoms with van der Waals surface area (Å²) in [6.07, 6.45) is 0. The molecule has 0 saturated heterocycles. The van der Waals surface area contributed by atoms with Gasteiger partial charge in [0.15, 0.2) is 0 Å². The molecule has 3 aromatic carbocycles. The van der Waals surface area contributed by atoms with E-state index in [4.69, 9.17) is 0 Å². The van der Waals surface area contributed by atoms with Gasteiger partial charge in [-0.05, 0) is 47.2 Å². The van der Waals surface area contributed by atoms with Crippen molar-refractivity contribution in [1.82, 2.24) is 0 Å². The van der Waals surface area contributed by atoms with Crippen LogP contribution >= 0.6 is 0 Å². The molecule has 0 aromatic heterocycles. The molecule has 0 radical (unpaired) electrons. The molecule has 0 bridgehead atoms. The summed E-state index contributed by atoms with van der Waals surface area (Å²) >= 11 is 0. The molecule has 0 heterocycles. The minimum Gasteiger partial charge on any atom is -0.508 e. The number of carbonyl (C=O) groups is 1. The molecule has 0 saturated carbocycles. The van der Waals surface area contributed by atoms with Crippen molar-refractivity contribution in [3.05, 3.63) is 54.1 Å². The Hall–Kier alpha value is -3.41. The number of benzene rings is 3. The number of fused-ring (bicyclic) bond motifs is 1. The minimum absolute atomic E-state index is 0.0238. The van der Waals surface area contributed by atoms with Crippen molar-refractivity contribution in [3.8, 4) is 23.0 Å². The number of hydrogen-bond donors (Lipinski definition) is 5. The molecule has 3 rings (SSSR count). The summed E-state index contributed by atoms with van der Waals surface area (Å²) in [5.74, 6) is -1.22. The van der Waals surface area contributed by atoms with E-state index in [-0.39, 0.29) is 34.2 Å². The fraction of sp³-hybridized carbons (Fsp3) is 0. The lowest BCUT2D eigenvalue weighted by atomic mass is 10.0. The van der Waals surface area contributed by atoms with Gasteiger partial charge in [-0.3, -0.25) is 4.79 Å². The number of hydrogen-bond acceptors (Lipinski definition) is 5. The number of rotatable bonds is 2. The van der Waals surface area contributed by atoms with E-state index in [1.165, 1.54) is 36.4 Å². The Kier molecular flexibility index (Phi) is 3.42. The van der Waals surface area contributed by atoms with Gasteiger partial charge in [-0.1, -0.05) is 6.07 Å². The molecule has 1 amide bonds. The number of phenols is 4. The second-order valence-corrected chi connectivity index (χ2v) is 5.06. The average molecular weight is 311 g/mol. The summed E-state index contributed by atoms with van der Waals surface area (Å²) in [7, 11) is 0. The highest BCUT2D eigenvalue weighted by atomic mass is 16.3. The fourth-order valence-corrected chi connectivity index (χ4v) is 2.27. The van der Waals surface area contributed by atoms with Crippen molar-refractivity contribution in [1.29, 1.82) is 0 Å². The van der Waals surface area contributed by atoms with Gasteiger partial charge in [0, 0.05) is 6.07 Å². The summed E-state index contributed by atoms with van der Waals surface area (Å²) in [6, 6.07) is 11.2. The van der Waals surface area contributed by atoms with E-state index < -0.39 is 5.91 Å². The molecule has 0 unspecified atom stereocenters. The Morgan fingerprint density at radius 2 is 1.43 bits per heavy atom. The quantitative estimate of drug-likeness (QED) is 0.369. The number of nitrogens with one attached hydrogen (secondary N) is 1. The normalized spacial score (nSPS) is 10.6. The molecular weight excluding hydrogens is 298 g/mol. The van der Waals surface area contributed by atoms with E-state index in [1.807, 2.05) is 0 Å². The standard InChI is InChI=1S/C17H13NO5/c19-11-2-1-9-6-13(15(21)7-10(9)5-11)17(23)18-14-4-3-12(20)8-16(14)22/h1-8,19-22H,(H,18,23). The van der Waals surface area contributed by atoms with Gasteiger partial charge in [-0.2, -0.15) is 0 Å². The number of anilines is 1. The molecule has 0 aliphatic rings. The van der Waals surface area contributed by atoms with Gasteiger partial charge in [0.25, 0.3) is 5.91 Å². The predicted octanol–water partition coefficient (Wildman–Crippen LogP) is 2.91. The minimum atomic E-state index is -0.613. The van der Waals surface area contributed by atoms with Crippen LogP contribution in [0.25, 0.3) is 10.8 Å². The lowest BCUT2D eigenvalue weighted by Gasteiger charge is -2.10. The van der Waals surface area contributed by atoms with Gasteiger partial charge in [-0.25, -0.2) is 0 Å². The van der Waals surface area contributed by atoms with Crippen LogP contribution in [0.4, 0.5) is 5.69 Å². The first-order valence-electron chi connectivity index (χ1n) is 6.73. The van der Waals surface area contributed by atoms with Crippen LogP contribution in [0.5, 0.6) is 23.0 Å². The van der Waals surface area contributed by atoms with Crippen LogP contribution in [0.3, 0.4) is 0 Å². The number of phenolic OH excluding ortho intramolecular Hbond substituents is 4. The van der Waals surface area contributed by atoms with Crippen LogP contribution in [0.15, 0.2) is 48.5 Å². The van der Waals surface area contributed by atoms with Crippen LogP contribution in [-0.2, 0) is 0 Å². The smallest absolute Gasteiger partial charge is 0.259 e. The van der Waals surface area contributed by atoms with Gasteiger partial charge >= 0.3 is 0 Å². The lowest BCUT2D eigenvalue weighted by molar-refractivity contribution is 0.102. The van der Waals surface area contributed by atoms with E-state index in [0.29, 0.717) is 10.8 Å². The predicted molar refractivity (Wildman–Crippen MR) is 85.0 cm³/mol. The van der Waals surface area contributed by atoms with Gasteiger partial charge in [0.2, 0.25) is 0 Å². The van der Waals surface area contributed by atoms with Crippen molar-refractivity contribution in [2.45, 2.75) is 0 Å². The van der Waals surface area contributed by atoms with Crippen molar-refractivity contribution < 1.29 is 25.2 Å². The first-order valence-corrected chi connectivity index (χ1v) is 6.73. The van der Waals surface area contributed by atoms with Crippen LogP contribution in [-0.4, -0.2) is 26.3 Å². The molecule has 0 aliphatic carbocycles. The molecule has 0 aliphatic heterocycles. The second-order valence-electron chi connectivity index (χ2n) is 5.06. The van der Waals surface area contributed by atoms with E-state index in [1.54, 1.807) is 6.07 Å². The summed E-state index contributed by atoms with van der Waals surface area (Å²) in [5, 5.41) is 42.1. The van der Waals surface area contributed by atoms with Crippen molar-refractivity contribution >= 4 is 22.4 Å². The topological polar surface area (TPSA) is 110 Å². The first kappa shape index (κ1) is 14.5. The van der Waals surface area contributed by atoms with Gasteiger partial charge in [0.1, 0.15) is 23.0 Å². The average Bonchev–Trinajstić information content (AvgIpc) is 2.49. The zero-order valence-electron chi connectivity index (χ0n) is 11.8. The van der Waals surface area contributed by atoms with Crippen molar-refractivity contribution in [3.63, 3.8) is 0 Å². The SMILES string of the molecule is O=C(Nc1ccc(O)cc1O)c1cc2ccc(O)cc2cc1O. The Labute approximate surface area is 130 Å². The Bertz CT molecular complexity index is 920. The largest absolute Gasteiger partial charge is 0.508 e. The van der Waals surface area contributed by atoms with Crippen LogP contribution in [0.1, 0.15) is 10.4 Å². The van der Waals surface area contributed by atoms with E-state index in [9.17, 15) is 25.2 Å². The Morgan fingerprint density at radius 3 is 2.17 bits per heavy atom. The Morgan fingerprint density at radius 1 is 0.739 bits per heavy atom. The molecule has 23 heavy (non-hydrogen) atoms. The maximum absolute atomic E-state index is 12.3. The molecule has 5 N–H and O–H groups in total. The van der Waals surface area contributed by atoms with E-state index in [0.717, 1.165) is 6.07 Å². The summed E-state index contributed by atoms with van der Waals surface area (Å²) in [4.78, 5) is 12.3. The molecule has 6 heteroatoms. The zero-order valence-corrected chi connectivity index (χ0v) is 11.8. The maximum Gasteiger partial charge on any atom is 0.259 e. The third-order valence-electron chi connectivity index (χ3n) is 3.41. The highest BCUT2D eigenvalue weighted by molar-refractivity contribution is 6.09. The highest BCUT2D eigenvalue weighted by Gasteiger charge is 2.15. The van der Waals surface area contributed by atoms with E-state index >= 15 is 0 Å². The molecule has 6 nitrogen and oxygen atoms in total. The summed E-state index contributed by atoms with van der Waals surface area (Å²) in [5.41, 5.74) is 0.133. The van der Waals surface area contributed by atoms with Gasteiger partial charge in [-0.15, -0.1) is 0 Å². The highest BCUT2D eigenvalue weighted by Crippen LogP contribution is 2.31. The maximum atomic E-state index is 12.3. The molecule has 0 spiro atoms. The van der Waals surface area contributed by atoms with Crippen molar-refractivity contribution in [2.75, 3.05) is 5.32 Å². The Balaban J connectivity index is 1.97. The number of amides is 1. The molecule has 116 valence electrons. The molecular formula is C17H13NO5.